The van der Waals surface area contributed by atoms with Crippen molar-refractivity contribution in [3.05, 3.63) is 12.7 Å². The first-order valence-corrected chi connectivity index (χ1v) is 5.31. The number of hydrogen-bond acceptors (Lipinski definition) is 0. The maximum atomic E-state index is 12.0. The lowest BCUT2D eigenvalue weighted by atomic mass is 10.8. The molecule has 0 spiro atoms. The van der Waals surface area contributed by atoms with Gasteiger partial charge in [-0.05, 0) is 12.5 Å². The van der Waals surface area contributed by atoms with E-state index in [0.717, 1.165) is 0 Å². The van der Waals surface area contributed by atoms with E-state index >= 15 is 0 Å². The third-order valence-electron chi connectivity index (χ3n) is 1.16. The van der Waals surface area contributed by atoms with E-state index in [1.54, 1.807) is 0 Å². The van der Waals surface area contributed by atoms with E-state index in [4.69, 9.17) is 0 Å². The summed E-state index contributed by atoms with van der Waals surface area (Å²) in [6.07, 6.45) is 3.81. The van der Waals surface area contributed by atoms with E-state index in [2.05, 4.69) is 6.58 Å². The van der Waals surface area contributed by atoms with Crippen molar-refractivity contribution >= 4 is 10.0 Å². The molecule has 0 aromatic carbocycles. The molecule has 0 saturated carbocycles. The summed E-state index contributed by atoms with van der Waals surface area (Å²) in [7, 11) is -2.47. The highest BCUT2D eigenvalue weighted by atomic mass is 32.3. The van der Waals surface area contributed by atoms with Gasteiger partial charge in [-0.15, -0.1) is 16.6 Å². The average Bonchev–Trinajstić information content (AvgIpc) is 1.61. The van der Waals surface area contributed by atoms with Crippen molar-refractivity contribution in [3.8, 4) is 0 Å². The minimum Gasteiger partial charge on any atom is -0.162 e. The van der Waals surface area contributed by atoms with Crippen LogP contribution in [-0.4, -0.2) is 23.8 Å². The van der Waals surface area contributed by atoms with Crippen LogP contribution in [0.1, 0.15) is 0 Å². The SMILES string of the molecule is C=CCS(C)(C)C(F)(F)F. The Morgan fingerprint density at radius 3 is 1.90 bits per heavy atom. The van der Waals surface area contributed by atoms with Gasteiger partial charge in [0.05, 0.1) is 0 Å². The van der Waals surface area contributed by atoms with Crippen LogP contribution in [0, 0.1) is 0 Å². The Bertz CT molecular complexity index is 125. The van der Waals surface area contributed by atoms with Crippen LogP contribution >= 0.6 is 10.0 Å². The van der Waals surface area contributed by atoms with Crippen LogP contribution in [-0.2, 0) is 0 Å². The first kappa shape index (κ1) is 9.88. The van der Waals surface area contributed by atoms with Crippen LogP contribution in [0.5, 0.6) is 0 Å². The molecule has 0 amide bonds. The molecule has 0 atom stereocenters. The van der Waals surface area contributed by atoms with Crippen LogP contribution in [0.3, 0.4) is 0 Å². The molecule has 0 heterocycles. The molecule has 0 radical (unpaired) electrons. The molecule has 0 fully saturated rings. The minimum absolute atomic E-state index is 0.0521. The van der Waals surface area contributed by atoms with Crippen molar-refractivity contribution in [1.82, 2.24) is 0 Å². The van der Waals surface area contributed by atoms with Crippen LogP contribution in [0.2, 0.25) is 0 Å². The molecule has 0 unspecified atom stereocenters. The summed E-state index contributed by atoms with van der Waals surface area (Å²) in [4.78, 5) is 0. The summed E-state index contributed by atoms with van der Waals surface area (Å²) in [6, 6.07) is 0. The molecule has 0 rings (SSSR count). The van der Waals surface area contributed by atoms with E-state index in [1.807, 2.05) is 0 Å². The molecule has 0 aliphatic rings. The van der Waals surface area contributed by atoms with Gasteiger partial charge >= 0.3 is 5.51 Å². The Hall–Kier alpha value is -0.120. The van der Waals surface area contributed by atoms with Gasteiger partial charge < -0.3 is 0 Å². The molecular weight excluding hydrogens is 161 g/mol. The molecule has 0 bridgehead atoms. The first-order valence-electron chi connectivity index (χ1n) is 2.69. The predicted molar refractivity (Wildman–Crippen MR) is 40.6 cm³/mol. The van der Waals surface area contributed by atoms with Crippen molar-refractivity contribution in [3.63, 3.8) is 0 Å². The molecule has 4 heteroatoms. The first-order chi connectivity index (χ1) is 4.31. The Kier molecular flexibility index (Phi) is 2.83. The standard InChI is InChI=1S/C6H11F3S/c1-4-5-10(2,3)6(7,8)9/h4H,1,5H2,2-3H3. The maximum Gasteiger partial charge on any atom is 0.425 e. The van der Waals surface area contributed by atoms with E-state index in [0.29, 0.717) is 0 Å². The lowest BCUT2D eigenvalue weighted by molar-refractivity contribution is -0.0372. The second-order valence-corrected chi connectivity index (χ2v) is 6.31. The number of halogens is 3. The van der Waals surface area contributed by atoms with Gasteiger partial charge in [-0.1, -0.05) is 6.08 Å². The zero-order chi connectivity index (χ0) is 8.41. The summed E-state index contributed by atoms with van der Waals surface area (Å²) >= 11 is 0. The molecule has 62 valence electrons. The lowest BCUT2D eigenvalue weighted by Crippen LogP contribution is -2.19. The molecule has 0 aliphatic heterocycles. The van der Waals surface area contributed by atoms with Gasteiger partial charge in [-0.2, -0.15) is 13.2 Å². The van der Waals surface area contributed by atoms with E-state index in [9.17, 15) is 13.2 Å². The van der Waals surface area contributed by atoms with Gasteiger partial charge in [-0.25, -0.2) is 0 Å². The zero-order valence-corrected chi connectivity index (χ0v) is 6.85. The van der Waals surface area contributed by atoms with Gasteiger partial charge in [0.2, 0.25) is 0 Å². The fourth-order valence-corrected chi connectivity index (χ4v) is 1.17. The Morgan fingerprint density at radius 2 is 1.80 bits per heavy atom. The predicted octanol–water partition coefficient (Wildman–Crippen LogP) is 2.76. The normalized spacial score (nSPS) is 14.9. The van der Waals surface area contributed by atoms with Crippen molar-refractivity contribution in [1.29, 1.82) is 0 Å². The van der Waals surface area contributed by atoms with Crippen LogP contribution < -0.4 is 0 Å². The monoisotopic (exact) mass is 172 g/mol. The van der Waals surface area contributed by atoms with Gasteiger partial charge in [0.15, 0.2) is 0 Å². The summed E-state index contributed by atoms with van der Waals surface area (Å²) in [6.45, 7) is 3.28. The van der Waals surface area contributed by atoms with E-state index < -0.39 is 15.5 Å². The topological polar surface area (TPSA) is 0 Å². The highest BCUT2D eigenvalue weighted by molar-refractivity contribution is 8.33. The second-order valence-electron chi connectivity index (χ2n) is 2.44. The average molecular weight is 172 g/mol. The number of hydrogen-bond donors (Lipinski definition) is 0. The zero-order valence-electron chi connectivity index (χ0n) is 6.03. The van der Waals surface area contributed by atoms with Crippen LogP contribution in [0.15, 0.2) is 12.7 Å². The fourth-order valence-electron chi connectivity index (χ4n) is 0.389. The fraction of sp³-hybridized carbons (Fsp3) is 0.667. The van der Waals surface area contributed by atoms with Crippen molar-refractivity contribution in [2.75, 3.05) is 18.3 Å². The van der Waals surface area contributed by atoms with Crippen LogP contribution in [0.4, 0.5) is 13.2 Å². The minimum atomic E-state index is -4.04. The number of alkyl halides is 3. The summed E-state index contributed by atoms with van der Waals surface area (Å²) < 4.78 is 36.0. The molecule has 0 aromatic heterocycles. The number of rotatable bonds is 2. The molecule has 10 heavy (non-hydrogen) atoms. The summed E-state index contributed by atoms with van der Waals surface area (Å²) in [5.41, 5.74) is -4.04. The maximum absolute atomic E-state index is 12.0. The summed E-state index contributed by atoms with van der Waals surface area (Å²) in [5.74, 6) is 0.0521. The second kappa shape index (κ2) is 2.86. The molecule has 0 N–H and O–H groups in total. The highest BCUT2D eigenvalue weighted by Crippen LogP contribution is 2.56. The van der Waals surface area contributed by atoms with Crippen LogP contribution in [0.25, 0.3) is 0 Å². The molecule has 0 aliphatic carbocycles. The molecule has 0 aromatic rings. The van der Waals surface area contributed by atoms with Gasteiger partial charge in [0.1, 0.15) is 0 Å². The third-order valence-corrected chi connectivity index (χ3v) is 3.48. The van der Waals surface area contributed by atoms with Crippen molar-refractivity contribution in [2.24, 2.45) is 0 Å². The van der Waals surface area contributed by atoms with E-state index in [1.165, 1.54) is 18.6 Å². The Balaban J connectivity index is 4.23. The lowest BCUT2D eigenvalue weighted by Gasteiger charge is -2.31. The molecular formula is C6H11F3S. The van der Waals surface area contributed by atoms with E-state index in [-0.39, 0.29) is 5.75 Å². The molecule has 0 saturated heterocycles. The third kappa shape index (κ3) is 2.25. The Labute approximate surface area is 60.4 Å². The molecule has 0 nitrogen and oxygen atoms in total. The van der Waals surface area contributed by atoms with Gasteiger partial charge in [0, 0.05) is 5.75 Å². The quantitative estimate of drug-likeness (QED) is 0.562. The summed E-state index contributed by atoms with van der Waals surface area (Å²) in [5, 5.41) is 0. The highest BCUT2D eigenvalue weighted by Gasteiger charge is 2.41. The van der Waals surface area contributed by atoms with Gasteiger partial charge in [-0.3, -0.25) is 0 Å². The largest absolute Gasteiger partial charge is 0.425 e. The van der Waals surface area contributed by atoms with Crippen molar-refractivity contribution < 1.29 is 13.2 Å². The smallest absolute Gasteiger partial charge is 0.162 e. The van der Waals surface area contributed by atoms with Crippen molar-refractivity contribution in [2.45, 2.75) is 5.51 Å². The Morgan fingerprint density at radius 1 is 1.40 bits per heavy atom. The van der Waals surface area contributed by atoms with Gasteiger partial charge in [0.25, 0.3) is 0 Å².